The number of aromatic hydroxyl groups is 4. The highest BCUT2D eigenvalue weighted by Crippen LogP contribution is 2.69. The third-order valence-corrected chi connectivity index (χ3v) is 15.9. The van der Waals surface area contributed by atoms with Crippen molar-refractivity contribution in [2.24, 2.45) is 57.8 Å². The summed E-state index contributed by atoms with van der Waals surface area (Å²) in [4.78, 5) is 76.3. The Morgan fingerprint density at radius 1 is 0.712 bits per heavy atom. The Labute approximate surface area is 385 Å². The van der Waals surface area contributed by atoms with Crippen molar-refractivity contribution in [1.29, 1.82) is 0 Å². The Morgan fingerprint density at radius 3 is 1.76 bits per heavy atom. The Hall–Kier alpha value is -5.58. The topological polar surface area (TPSA) is 298 Å². The highest BCUT2D eigenvalue weighted by molar-refractivity contribution is 6.03. The lowest BCUT2D eigenvalue weighted by molar-refractivity contribution is -0.201. The van der Waals surface area contributed by atoms with E-state index in [1.165, 1.54) is 12.1 Å². The SMILES string of the molecule is CC(C)CCC[C@](C)(O)C1CCC2C3C[C@H](OC(=O)CCC(=O)Nc4ccc(O)c(C(N)=O)c4O)[C@H]4C[C@@H](OC(=O)CCC(=O)Nc5ccc(O)c(C(N)=O)c5O)CC[C@]4(C)C3CC[C@@]21C. The second kappa shape index (κ2) is 19.7. The van der Waals surface area contributed by atoms with Crippen LogP contribution in [0.1, 0.15) is 152 Å². The van der Waals surface area contributed by atoms with Gasteiger partial charge in [-0.2, -0.15) is 0 Å². The van der Waals surface area contributed by atoms with Crippen LogP contribution < -0.4 is 22.1 Å². The van der Waals surface area contributed by atoms with Crippen LogP contribution in [0.15, 0.2) is 24.3 Å². The van der Waals surface area contributed by atoms with Crippen molar-refractivity contribution in [2.75, 3.05) is 10.6 Å². The standard InChI is InChI=1S/C49H68N4O13/c1-25(2)7-6-20-49(5,64)36-13-8-28-27-24-35(66-40(59)17-15-38(57)53-32-10-12-34(55)42(44(32)61)46(51)63)30-23-26(18-21-47(30,3)29(27)19-22-48(28,36)4)65-39(58)16-14-37(56)52-31-9-11-33(54)41(43(31)60)45(50)62/h9-12,25-30,35-36,54-55,60-61,64H,6-8,13-24H2,1-5H3,(H2,50,62)(H2,51,63)(H,52,56)(H,53,57)/t26-,27?,28?,29?,30+,35-,36?,47+,48-,49-/m0/s1. The van der Waals surface area contributed by atoms with Gasteiger partial charge in [0.15, 0.2) is 11.5 Å². The van der Waals surface area contributed by atoms with E-state index in [4.69, 9.17) is 20.9 Å². The number of hydrogen-bond acceptors (Lipinski definition) is 13. The molecule has 4 fully saturated rings. The first-order valence-corrected chi connectivity index (χ1v) is 23.4. The van der Waals surface area contributed by atoms with Crippen LogP contribution in [0.2, 0.25) is 0 Å². The molecule has 0 spiro atoms. The van der Waals surface area contributed by atoms with Crippen molar-refractivity contribution < 1.29 is 63.8 Å². The van der Waals surface area contributed by atoms with Crippen molar-refractivity contribution in [2.45, 2.75) is 149 Å². The first kappa shape index (κ1) is 49.8. The molecule has 2 aromatic rings. The highest BCUT2D eigenvalue weighted by atomic mass is 16.6. The number of esters is 2. The van der Waals surface area contributed by atoms with Gasteiger partial charge in [0.2, 0.25) is 11.8 Å². The molecule has 66 heavy (non-hydrogen) atoms. The number of aliphatic hydroxyl groups is 1. The molecule has 17 heteroatoms. The minimum Gasteiger partial charge on any atom is -0.507 e. The maximum absolute atomic E-state index is 13.8. The number of benzene rings is 2. The van der Waals surface area contributed by atoms with Crippen molar-refractivity contribution in [3.05, 3.63) is 35.4 Å². The van der Waals surface area contributed by atoms with Crippen LogP contribution in [0, 0.1) is 46.3 Å². The Bertz CT molecular complexity index is 2210. The fraction of sp³-hybridized carbons (Fsp3) is 0.633. The van der Waals surface area contributed by atoms with E-state index in [1.54, 1.807) is 0 Å². The molecule has 17 nitrogen and oxygen atoms in total. The summed E-state index contributed by atoms with van der Waals surface area (Å²) in [5, 5.41) is 57.6. The summed E-state index contributed by atoms with van der Waals surface area (Å²) < 4.78 is 12.4. The zero-order valence-corrected chi connectivity index (χ0v) is 38.7. The van der Waals surface area contributed by atoms with Gasteiger partial charge in [0.05, 0.1) is 29.8 Å². The number of hydrogen-bond donors (Lipinski definition) is 9. The van der Waals surface area contributed by atoms with Gasteiger partial charge in [-0.1, -0.05) is 40.5 Å². The van der Waals surface area contributed by atoms with E-state index >= 15 is 0 Å². The van der Waals surface area contributed by atoms with Crippen LogP contribution in [0.5, 0.6) is 23.0 Å². The quantitative estimate of drug-likeness (QED) is 0.0465. The molecule has 11 N–H and O–H groups in total. The van der Waals surface area contributed by atoms with E-state index in [-0.39, 0.29) is 65.6 Å². The van der Waals surface area contributed by atoms with Crippen LogP contribution in [-0.2, 0) is 28.7 Å². The number of amides is 4. The van der Waals surface area contributed by atoms with Gasteiger partial charge in [-0.25, -0.2) is 0 Å². The Balaban J connectivity index is 1.15. The minimum absolute atomic E-state index is 0.114. The van der Waals surface area contributed by atoms with Gasteiger partial charge in [-0.05, 0) is 129 Å². The molecule has 0 heterocycles. The number of carbonyl (C=O) groups is 6. The van der Waals surface area contributed by atoms with Gasteiger partial charge >= 0.3 is 11.9 Å². The normalized spacial score (nSPS) is 28.7. The molecule has 4 unspecified atom stereocenters. The lowest BCUT2D eigenvalue weighted by Gasteiger charge is -2.63. The van der Waals surface area contributed by atoms with E-state index < -0.39 is 87.5 Å². The largest absolute Gasteiger partial charge is 0.507 e. The van der Waals surface area contributed by atoms with E-state index in [2.05, 4.69) is 38.3 Å². The number of rotatable bonds is 17. The predicted octanol–water partition coefficient (Wildman–Crippen LogP) is 6.51. The molecule has 4 aliphatic rings. The number of ether oxygens (including phenoxy) is 2. The van der Waals surface area contributed by atoms with Crippen molar-refractivity contribution in [1.82, 2.24) is 0 Å². The zero-order chi connectivity index (χ0) is 48.5. The number of carbonyl (C=O) groups excluding carboxylic acids is 6. The summed E-state index contributed by atoms with van der Waals surface area (Å²) in [5.41, 5.74) is 7.86. The molecule has 4 amide bonds. The van der Waals surface area contributed by atoms with Gasteiger partial charge in [0.25, 0.3) is 11.8 Å². The molecule has 2 aromatic carbocycles. The summed E-state index contributed by atoms with van der Waals surface area (Å²) in [7, 11) is 0. The summed E-state index contributed by atoms with van der Waals surface area (Å²) in [6, 6.07) is 4.60. The second-order valence-electron chi connectivity index (χ2n) is 20.5. The van der Waals surface area contributed by atoms with E-state index in [9.17, 15) is 54.3 Å². The number of nitrogens with two attached hydrogens (primary N) is 2. The molecule has 6 rings (SSSR count). The number of primary amides is 2. The molecule has 0 aliphatic heterocycles. The molecule has 362 valence electrons. The summed E-state index contributed by atoms with van der Waals surface area (Å²) >= 11 is 0. The first-order chi connectivity index (χ1) is 31.0. The van der Waals surface area contributed by atoms with Crippen LogP contribution in [0.3, 0.4) is 0 Å². The minimum atomic E-state index is -1.09. The van der Waals surface area contributed by atoms with Crippen molar-refractivity contribution in [3.8, 4) is 23.0 Å². The van der Waals surface area contributed by atoms with Gasteiger partial charge < -0.3 is 57.1 Å². The molecular formula is C49H68N4O13. The molecular weight excluding hydrogens is 853 g/mol. The Morgan fingerprint density at radius 2 is 1.23 bits per heavy atom. The zero-order valence-electron chi connectivity index (χ0n) is 38.7. The Kier molecular flexibility index (Phi) is 14.9. The van der Waals surface area contributed by atoms with Gasteiger partial charge in [0, 0.05) is 18.8 Å². The molecule has 4 saturated carbocycles. The lowest BCUT2D eigenvalue weighted by atomic mass is 9.43. The fourth-order valence-electron chi connectivity index (χ4n) is 12.7. The number of fused-ring (bicyclic) bond motifs is 5. The molecule has 10 atom stereocenters. The molecule has 0 aromatic heterocycles. The maximum atomic E-state index is 13.8. The predicted molar refractivity (Wildman–Crippen MR) is 242 cm³/mol. The fourth-order valence-corrected chi connectivity index (χ4v) is 12.7. The van der Waals surface area contributed by atoms with E-state index in [0.717, 1.165) is 57.1 Å². The number of phenols is 4. The van der Waals surface area contributed by atoms with E-state index in [1.807, 2.05) is 6.92 Å². The summed E-state index contributed by atoms with van der Waals surface area (Å²) in [6.45, 7) is 11.0. The molecule has 4 aliphatic carbocycles. The van der Waals surface area contributed by atoms with Crippen molar-refractivity contribution >= 4 is 46.9 Å². The lowest BCUT2D eigenvalue weighted by Crippen LogP contribution is -2.60. The van der Waals surface area contributed by atoms with Crippen molar-refractivity contribution in [3.63, 3.8) is 0 Å². The first-order valence-electron chi connectivity index (χ1n) is 23.4. The third kappa shape index (κ3) is 10.3. The van der Waals surface area contributed by atoms with E-state index in [0.29, 0.717) is 43.4 Å². The van der Waals surface area contributed by atoms with Crippen LogP contribution >= 0.6 is 0 Å². The molecule has 0 saturated heterocycles. The molecule has 0 radical (unpaired) electrons. The van der Waals surface area contributed by atoms with Crippen LogP contribution in [0.4, 0.5) is 11.4 Å². The average molecular weight is 921 g/mol. The smallest absolute Gasteiger partial charge is 0.306 e. The highest BCUT2D eigenvalue weighted by Gasteiger charge is 2.64. The van der Waals surface area contributed by atoms with Gasteiger partial charge in [0.1, 0.15) is 34.8 Å². The van der Waals surface area contributed by atoms with Crippen LogP contribution in [0.25, 0.3) is 0 Å². The maximum Gasteiger partial charge on any atom is 0.306 e. The monoisotopic (exact) mass is 920 g/mol. The second-order valence-corrected chi connectivity index (χ2v) is 20.5. The summed E-state index contributed by atoms with van der Waals surface area (Å²) in [5.74, 6) is -5.97. The summed E-state index contributed by atoms with van der Waals surface area (Å²) in [6.07, 6.45) is 6.46. The molecule has 0 bridgehead atoms. The number of anilines is 2. The van der Waals surface area contributed by atoms with Gasteiger partial charge in [-0.15, -0.1) is 0 Å². The number of nitrogens with one attached hydrogen (secondary N) is 2. The van der Waals surface area contributed by atoms with Crippen LogP contribution in [-0.4, -0.2) is 78.9 Å². The average Bonchev–Trinajstić information content (AvgIpc) is 3.60. The van der Waals surface area contributed by atoms with Gasteiger partial charge in [-0.3, -0.25) is 28.8 Å². The third-order valence-electron chi connectivity index (χ3n) is 15.9.